The van der Waals surface area contributed by atoms with E-state index in [-0.39, 0.29) is 24.5 Å². The summed E-state index contributed by atoms with van der Waals surface area (Å²) in [7, 11) is 0. The fourth-order valence-electron chi connectivity index (χ4n) is 2.24. The monoisotopic (exact) mass is 361 g/mol. The predicted octanol–water partition coefficient (Wildman–Crippen LogP) is 1.62. The zero-order valence-electron chi connectivity index (χ0n) is 14.0. The second kappa shape index (κ2) is 8.88. The van der Waals surface area contributed by atoms with Gasteiger partial charge in [0.05, 0.1) is 10.6 Å². The highest BCUT2D eigenvalue weighted by atomic mass is 16.6. The van der Waals surface area contributed by atoms with Crippen LogP contribution in [0.3, 0.4) is 0 Å². The van der Waals surface area contributed by atoms with Crippen LogP contribution >= 0.6 is 0 Å². The van der Waals surface area contributed by atoms with Gasteiger partial charge in [-0.1, -0.05) is 30.3 Å². The second-order valence-electron chi connectivity index (χ2n) is 5.61. The number of nitrogens with zero attached hydrogens (tertiary/aromatic N) is 2. The van der Waals surface area contributed by atoms with Crippen molar-refractivity contribution in [1.29, 1.82) is 0 Å². The first-order valence-electron chi connectivity index (χ1n) is 7.80. The lowest BCUT2D eigenvalue weighted by Crippen LogP contribution is -2.36. The Morgan fingerprint density at radius 3 is 2.65 bits per heavy atom. The Kier molecular flexibility index (Phi) is 6.59. The minimum absolute atomic E-state index is 0.0777. The van der Waals surface area contributed by atoms with Gasteiger partial charge in [-0.05, 0) is 18.1 Å². The summed E-state index contributed by atoms with van der Waals surface area (Å²) in [6, 6.07) is 10.3. The third-order valence-corrected chi connectivity index (χ3v) is 3.63. The van der Waals surface area contributed by atoms with Crippen LogP contribution in [-0.4, -0.2) is 38.9 Å². The zero-order chi connectivity index (χ0) is 19.1. The van der Waals surface area contributed by atoms with Gasteiger partial charge in [-0.3, -0.25) is 15.1 Å². The fourth-order valence-corrected chi connectivity index (χ4v) is 2.24. The molecule has 0 radical (unpaired) electrons. The molecule has 0 bridgehead atoms. The van der Waals surface area contributed by atoms with Crippen LogP contribution in [0.15, 0.2) is 42.6 Å². The Balaban J connectivity index is 1.85. The number of carbonyl (C=O) groups excluding carboxylic acids is 1. The van der Waals surface area contributed by atoms with E-state index in [1.54, 1.807) is 12.1 Å². The number of aromatic nitrogens is 1. The first-order chi connectivity index (χ1) is 12.4. The number of ether oxygens (including phenoxy) is 1. The van der Waals surface area contributed by atoms with Gasteiger partial charge < -0.3 is 20.3 Å². The normalized spacial score (nSPS) is 12.9. The van der Waals surface area contributed by atoms with Gasteiger partial charge in [-0.25, -0.2) is 4.79 Å². The first-order valence-corrected chi connectivity index (χ1v) is 7.80. The van der Waals surface area contributed by atoms with Crippen LogP contribution in [0.5, 0.6) is 0 Å². The summed E-state index contributed by atoms with van der Waals surface area (Å²) in [5.74, 6) is 0. The van der Waals surface area contributed by atoms with Crippen LogP contribution in [0.25, 0.3) is 0 Å². The SMILES string of the molecule is Cc1cc([N+](=O)[O-])cnc1C(O)C(O)CNC(=O)OCc1ccccc1. The minimum atomic E-state index is -1.41. The van der Waals surface area contributed by atoms with Crippen molar-refractivity contribution < 1.29 is 24.7 Å². The maximum atomic E-state index is 11.6. The van der Waals surface area contributed by atoms with E-state index in [2.05, 4.69) is 10.3 Å². The molecule has 0 saturated heterocycles. The highest BCUT2D eigenvalue weighted by Crippen LogP contribution is 2.22. The van der Waals surface area contributed by atoms with E-state index in [0.29, 0.717) is 5.56 Å². The van der Waals surface area contributed by atoms with Crippen LogP contribution < -0.4 is 5.32 Å². The molecule has 9 heteroatoms. The van der Waals surface area contributed by atoms with Crippen molar-refractivity contribution in [1.82, 2.24) is 10.3 Å². The highest BCUT2D eigenvalue weighted by molar-refractivity contribution is 5.67. The molecule has 1 aromatic heterocycles. The largest absolute Gasteiger partial charge is 0.445 e. The van der Waals surface area contributed by atoms with E-state index in [1.165, 1.54) is 13.0 Å². The van der Waals surface area contributed by atoms with Crippen molar-refractivity contribution in [3.8, 4) is 0 Å². The summed E-state index contributed by atoms with van der Waals surface area (Å²) in [5.41, 5.74) is 1.06. The van der Waals surface area contributed by atoms with Gasteiger partial charge in [0.2, 0.25) is 0 Å². The third kappa shape index (κ3) is 5.23. The van der Waals surface area contributed by atoms with Gasteiger partial charge in [0.15, 0.2) is 0 Å². The lowest BCUT2D eigenvalue weighted by atomic mass is 10.1. The molecule has 0 fully saturated rings. The number of benzene rings is 1. The summed E-state index contributed by atoms with van der Waals surface area (Å²) in [5, 5.41) is 33.2. The lowest BCUT2D eigenvalue weighted by Gasteiger charge is -2.19. The molecule has 0 aliphatic heterocycles. The molecule has 2 aromatic rings. The number of amides is 1. The maximum absolute atomic E-state index is 11.6. The van der Waals surface area contributed by atoms with Crippen molar-refractivity contribution in [3.63, 3.8) is 0 Å². The van der Waals surface area contributed by atoms with E-state index in [0.717, 1.165) is 11.8 Å². The first kappa shape index (κ1) is 19.3. The highest BCUT2D eigenvalue weighted by Gasteiger charge is 2.23. The molecular weight excluding hydrogens is 342 g/mol. The Morgan fingerprint density at radius 1 is 1.35 bits per heavy atom. The molecular formula is C17H19N3O6. The predicted molar refractivity (Wildman–Crippen MR) is 91.2 cm³/mol. The zero-order valence-corrected chi connectivity index (χ0v) is 14.0. The Morgan fingerprint density at radius 2 is 2.04 bits per heavy atom. The smallest absolute Gasteiger partial charge is 0.407 e. The molecule has 2 atom stereocenters. The number of aliphatic hydroxyl groups excluding tert-OH is 2. The number of aryl methyl sites for hydroxylation is 1. The Hall–Kier alpha value is -3.04. The summed E-state index contributed by atoms with van der Waals surface area (Å²) < 4.78 is 5.00. The van der Waals surface area contributed by atoms with E-state index >= 15 is 0 Å². The molecule has 1 aromatic carbocycles. The topological polar surface area (TPSA) is 135 Å². The number of hydrogen-bond donors (Lipinski definition) is 3. The molecule has 2 rings (SSSR count). The lowest BCUT2D eigenvalue weighted by molar-refractivity contribution is -0.385. The molecule has 9 nitrogen and oxygen atoms in total. The standard InChI is InChI=1S/C17H19N3O6/c1-11-7-13(20(24)25)8-18-15(11)16(22)14(21)9-19-17(23)26-10-12-5-3-2-4-6-12/h2-8,14,16,21-22H,9-10H2,1H3,(H,19,23). The number of aliphatic hydroxyl groups is 2. The molecule has 1 heterocycles. The second-order valence-corrected chi connectivity index (χ2v) is 5.61. The van der Waals surface area contributed by atoms with E-state index in [4.69, 9.17) is 4.74 Å². The molecule has 0 spiro atoms. The molecule has 0 aliphatic rings. The molecule has 1 amide bonds. The number of nitro groups is 1. The summed E-state index contributed by atoms with van der Waals surface area (Å²) in [6.45, 7) is 1.34. The van der Waals surface area contributed by atoms with Crippen LogP contribution in [0.1, 0.15) is 22.9 Å². The van der Waals surface area contributed by atoms with Crippen LogP contribution in [0.2, 0.25) is 0 Å². The van der Waals surface area contributed by atoms with Crippen molar-refractivity contribution in [3.05, 3.63) is 69.5 Å². The van der Waals surface area contributed by atoms with Crippen molar-refractivity contribution in [2.24, 2.45) is 0 Å². The number of alkyl carbamates (subject to hydrolysis) is 1. The average molecular weight is 361 g/mol. The molecule has 0 saturated carbocycles. The number of nitrogens with one attached hydrogen (secondary N) is 1. The van der Waals surface area contributed by atoms with Gasteiger partial charge in [0.1, 0.15) is 25.0 Å². The van der Waals surface area contributed by atoms with E-state index in [9.17, 15) is 25.1 Å². The number of pyridine rings is 1. The quantitative estimate of drug-likeness (QED) is 0.504. The third-order valence-electron chi connectivity index (χ3n) is 3.63. The van der Waals surface area contributed by atoms with Gasteiger partial charge in [0.25, 0.3) is 5.69 Å². The average Bonchev–Trinajstić information content (AvgIpc) is 2.64. The van der Waals surface area contributed by atoms with Crippen molar-refractivity contribution in [2.75, 3.05) is 6.54 Å². The molecule has 3 N–H and O–H groups in total. The van der Waals surface area contributed by atoms with Crippen LogP contribution in [0.4, 0.5) is 10.5 Å². The Labute approximate surface area is 149 Å². The number of hydrogen-bond acceptors (Lipinski definition) is 7. The summed E-state index contributed by atoms with van der Waals surface area (Å²) in [6.07, 6.45) is -2.51. The van der Waals surface area contributed by atoms with Crippen molar-refractivity contribution in [2.45, 2.75) is 25.7 Å². The number of carbonyl (C=O) groups is 1. The molecule has 0 aliphatic carbocycles. The summed E-state index contributed by atoms with van der Waals surface area (Å²) in [4.78, 5) is 25.6. The van der Waals surface area contributed by atoms with Gasteiger partial charge in [-0.15, -0.1) is 0 Å². The van der Waals surface area contributed by atoms with Gasteiger partial charge in [0, 0.05) is 12.6 Å². The van der Waals surface area contributed by atoms with E-state index < -0.39 is 23.2 Å². The maximum Gasteiger partial charge on any atom is 0.407 e. The number of rotatable bonds is 7. The Bertz CT molecular complexity index is 768. The van der Waals surface area contributed by atoms with E-state index in [1.807, 2.05) is 18.2 Å². The van der Waals surface area contributed by atoms with Crippen LogP contribution in [-0.2, 0) is 11.3 Å². The van der Waals surface area contributed by atoms with Crippen molar-refractivity contribution >= 4 is 11.8 Å². The van der Waals surface area contributed by atoms with Gasteiger partial charge in [-0.2, -0.15) is 0 Å². The molecule has 2 unspecified atom stereocenters. The molecule has 138 valence electrons. The minimum Gasteiger partial charge on any atom is -0.445 e. The molecule has 26 heavy (non-hydrogen) atoms. The summed E-state index contributed by atoms with van der Waals surface area (Å²) >= 11 is 0. The fraction of sp³-hybridized carbons (Fsp3) is 0.294. The van der Waals surface area contributed by atoms with Gasteiger partial charge >= 0.3 is 6.09 Å². The van der Waals surface area contributed by atoms with Crippen LogP contribution in [0, 0.1) is 17.0 Å².